The first-order chi connectivity index (χ1) is 11.6. The fourth-order valence-electron chi connectivity index (χ4n) is 2.83. The molecule has 2 aromatic rings. The highest BCUT2D eigenvalue weighted by Gasteiger charge is 2.39. The van der Waals surface area contributed by atoms with Crippen LogP contribution in [0.4, 0.5) is 0 Å². The van der Waals surface area contributed by atoms with Gasteiger partial charge in [0.2, 0.25) is 15.9 Å². The lowest BCUT2D eigenvalue weighted by Crippen LogP contribution is -2.45. The first-order valence-corrected chi connectivity index (χ1v) is 9.26. The summed E-state index contributed by atoms with van der Waals surface area (Å²) in [6, 6.07) is 11.2. The van der Waals surface area contributed by atoms with Gasteiger partial charge < -0.3 is 5.32 Å². The van der Waals surface area contributed by atoms with E-state index in [0.717, 1.165) is 5.56 Å². The molecule has 1 aromatic heterocycles. The Bertz CT molecular complexity index is 794. The molecule has 1 atom stereocenters. The lowest BCUT2D eigenvalue weighted by atomic mass is 10.2. The van der Waals surface area contributed by atoms with Crippen LogP contribution in [-0.4, -0.2) is 36.2 Å². The van der Waals surface area contributed by atoms with Gasteiger partial charge in [0.25, 0.3) is 0 Å². The van der Waals surface area contributed by atoms with E-state index in [4.69, 9.17) is 0 Å². The second kappa shape index (κ2) is 7.11. The Morgan fingerprint density at radius 1 is 1.21 bits per heavy atom. The van der Waals surface area contributed by atoms with Crippen molar-refractivity contribution in [2.45, 2.75) is 30.3 Å². The monoisotopic (exact) mass is 345 g/mol. The van der Waals surface area contributed by atoms with E-state index in [-0.39, 0.29) is 10.8 Å². The van der Waals surface area contributed by atoms with Crippen molar-refractivity contribution in [1.29, 1.82) is 0 Å². The number of hydrogen-bond donors (Lipinski definition) is 1. The molecule has 1 aliphatic rings. The Labute approximate surface area is 141 Å². The maximum absolute atomic E-state index is 12.8. The van der Waals surface area contributed by atoms with Gasteiger partial charge in [-0.3, -0.25) is 9.78 Å². The van der Waals surface area contributed by atoms with Crippen LogP contribution >= 0.6 is 0 Å². The van der Waals surface area contributed by atoms with Crippen molar-refractivity contribution in [2.75, 3.05) is 6.54 Å². The van der Waals surface area contributed by atoms with Crippen LogP contribution in [-0.2, 0) is 21.4 Å². The molecule has 0 aliphatic carbocycles. The lowest BCUT2D eigenvalue weighted by molar-refractivity contribution is -0.124. The summed E-state index contributed by atoms with van der Waals surface area (Å²) >= 11 is 0. The van der Waals surface area contributed by atoms with Crippen molar-refractivity contribution in [2.24, 2.45) is 0 Å². The highest BCUT2D eigenvalue weighted by atomic mass is 32.2. The molecule has 0 spiro atoms. The zero-order valence-electron chi connectivity index (χ0n) is 13.1. The summed E-state index contributed by atoms with van der Waals surface area (Å²) in [5, 5.41) is 2.81. The van der Waals surface area contributed by atoms with E-state index in [2.05, 4.69) is 10.3 Å². The lowest BCUT2D eigenvalue weighted by Gasteiger charge is -2.23. The molecule has 24 heavy (non-hydrogen) atoms. The molecule has 0 saturated carbocycles. The molecule has 1 amide bonds. The van der Waals surface area contributed by atoms with Gasteiger partial charge in [0.05, 0.1) is 4.90 Å². The number of benzene rings is 1. The molecular formula is C17H19N3O3S. The maximum atomic E-state index is 12.8. The standard InChI is InChI=1S/C17H19N3O3S/c21-17(19-13-14-6-4-10-18-12-14)16-9-5-11-20(16)24(22,23)15-7-2-1-3-8-15/h1-4,6-8,10,12,16H,5,9,11,13H2,(H,19,21). The molecule has 6 nitrogen and oxygen atoms in total. The summed E-state index contributed by atoms with van der Waals surface area (Å²) in [5.74, 6) is -0.268. The summed E-state index contributed by atoms with van der Waals surface area (Å²) in [6.07, 6.45) is 4.55. The Morgan fingerprint density at radius 2 is 2.00 bits per heavy atom. The van der Waals surface area contributed by atoms with Crippen LogP contribution in [0.25, 0.3) is 0 Å². The van der Waals surface area contributed by atoms with Crippen LogP contribution in [0.15, 0.2) is 59.8 Å². The fraction of sp³-hybridized carbons (Fsp3) is 0.294. The normalized spacial score (nSPS) is 18.4. The van der Waals surface area contributed by atoms with Crippen molar-refractivity contribution in [3.05, 3.63) is 60.4 Å². The Morgan fingerprint density at radius 3 is 2.71 bits per heavy atom. The van der Waals surface area contributed by atoms with Gasteiger partial charge in [-0.1, -0.05) is 24.3 Å². The molecule has 0 bridgehead atoms. The van der Waals surface area contributed by atoms with Gasteiger partial charge in [0, 0.05) is 25.5 Å². The van der Waals surface area contributed by atoms with E-state index in [1.165, 1.54) is 4.31 Å². The maximum Gasteiger partial charge on any atom is 0.243 e. The highest BCUT2D eigenvalue weighted by molar-refractivity contribution is 7.89. The minimum absolute atomic E-state index is 0.219. The quantitative estimate of drug-likeness (QED) is 0.892. The smallest absolute Gasteiger partial charge is 0.243 e. The van der Waals surface area contributed by atoms with Crippen molar-refractivity contribution < 1.29 is 13.2 Å². The van der Waals surface area contributed by atoms with E-state index in [9.17, 15) is 13.2 Å². The number of sulfonamides is 1. The van der Waals surface area contributed by atoms with E-state index in [0.29, 0.717) is 25.9 Å². The summed E-state index contributed by atoms with van der Waals surface area (Å²) < 4.78 is 26.8. The Kier molecular flexibility index (Phi) is 4.92. The van der Waals surface area contributed by atoms with E-state index in [1.807, 2.05) is 6.07 Å². The molecule has 126 valence electrons. The number of hydrogen-bond acceptors (Lipinski definition) is 4. The Hall–Kier alpha value is -2.25. The molecule has 1 aromatic carbocycles. The molecule has 1 saturated heterocycles. The Balaban J connectivity index is 1.72. The third kappa shape index (κ3) is 3.47. The summed E-state index contributed by atoms with van der Waals surface area (Å²) in [7, 11) is -3.66. The summed E-state index contributed by atoms with van der Waals surface area (Å²) in [4.78, 5) is 16.7. The number of amides is 1. The average Bonchev–Trinajstić information content (AvgIpc) is 3.12. The SMILES string of the molecule is O=C(NCc1cccnc1)C1CCCN1S(=O)(=O)c1ccccc1. The van der Waals surface area contributed by atoms with Crippen molar-refractivity contribution in [3.8, 4) is 0 Å². The second-order valence-corrected chi connectivity index (χ2v) is 7.56. The van der Waals surface area contributed by atoms with E-state index in [1.54, 1.807) is 48.8 Å². The van der Waals surface area contributed by atoms with E-state index < -0.39 is 16.1 Å². The van der Waals surface area contributed by atoms with Crippen LogP contribution in [0.1, 0.15) is 18.4 Å². The molecule has 1 unspecified atom stereocenters. The first kappa shape index (κ1) is 16.6. The molecule has 1 aliphatic heterocycles. The zero-order chi connectivity index (χ0) is 17.0. The third-order valence-electron chi connectivity index (χ3n) is 4.05. The number of rotatable bonds is 5. The fourth-order valence-corrected chi connectivity index (χ4v) is 4.50. The average molecular weight is 345 g/mol. The van der Waals surface area contributed by atoms with Gasteiger partial charge >= 0.3 is 0 Å². The first-order valence-electron chi connectivity index (χ1n) is 7.82. The molecule has 2 heterocycles. The minimum atomic E-state index is -3.66. The molecule has 3 rings (SSSR count). The van der Waals surface area contributed by atoms with Gasteiger partial charge in [-0.15, -0.1) is 0 Å². The number of pyridine rings is 1. The predicted molar refractivity (Wildman–Crippen MR) is 89.4 cm³/mol. The number of nitrogens with one attached hydrogen (secondary N) is 1. The topological polar surface area (TPSA) is 79.4 Å². The number of carbonyl (C=O) groups is 1. The minimum Gasteiger partial charge on any atom is -0.351 e. The van der Waals surface area contributed by atoms with Crippen LogP contribution in [0.5, 0.6) is 0 Å². The van der Waals surface area contributed by atoms with Crippen molar-refractivity contribution >= 4 is 15.9 Å². The van der Waals surface area contributed by atoms with Gasteiger partial charge in [-0.2, -0.15) is 4.31 Å². The van der Waals surface area contributed by atoms with Gasteiger partial charge in [0.15, 0.2) is 0 Å². The van der Waals surface area contributed by atoms with Crippen LogP contribution in [0, 0.1) is 0 Å². The predicted octanol–water partition coefficient (Wildman–Crippen LogP) is 1.55. The number of carbonyl (C=O) groups excluding carboxylic acids is 1. The van der Waals surface area contributed by atoms with Crippen LogP contribution < -0.4 is 5.32 Å². The zero-order valence-corrected chi connectivity index (χ0v) is 13.9. The largest absolute Gasteiger partial charge is 0.351 e. The molecular weight excluding hydrogens is 326 g/mol. The molecule has 0 radical (unpaired) electrons. The molecule has 1 fully saturated rings. The third-order valence-corrected chi connectivity index (χ3v) is 5.97. The second-order valence-electron chi connectivity index (χ2n) is 5.67. The van der Waals surface area contributed by atoms with Crippen molar-refractivity contribution in [1.82, 2.24) is 14.6 Å². The summed E-state index contributed by atoms with van der Waals surface area (Å²) in [6.45, 7) is 0.699. The highest BCUT2D eigenvalue weighted by Crippen LogP contribution is 2.26. The van der Waals surface area contributed by atoms with Gasteiger partial charge in [-0.25, -0.2) is 8.42 Å². The molecule has 7 heteroatoms. The van der Waals surface area contributed by atoms with Gasteiger partial charge in [0.1, 0.15) is 6.04 Å². The van der Waals surface area contributed by atoms with Crippen LogP contribution in [0.3, 0.4) is 0 Å². The van der Waals surface area contributed by atoms with Crippen LogP contribution in [0.2, 0.25) is 0 Å². The van der Waals surface area contributed by atoms with E-state index >= 15 is 0 Å². The number of aromatic nitrogens is 1. The number of nitrogens with zero attached hydrogens (tertiary/aromatic N) is 2. The van der Waals surface area contributed by atoms with Gasteiger partial charge in [-0.05, 0) is 36.6 Å². The summed E-state index contributed by atoms with van der Waals surface area (Å²) in [5.41, 5.74) is 0.876. The molecule has 1 N–H and O–H groups in total. The van der Waals surface area contributed by atoms with Crippen molar-refractivity contribution in [3.63, 3.8) is 0 Å².